The van der Waals surface area contributed by atoms with Gasteiger partial charge < -0.3 is 9.47 Å². The van der Waals surface area contributed by atoms with E-state index in [1.54, 1.807) is 48.5 Å². The van der Waals surface area contributed by atoms with Crippen molar-refractivity contribution in [2.24, 2.45) is 0 Å². The van der Waals surface area contributed by atoms with Crippen LogP contribution in [-0.2, 0) is 14.8 Å². The lowest BCUT2D eigenvalue weighted by Crippen LogP contribution is -2.43. The third kappa shape index (κ3) is 5.00. The second-order valence-electron chi connectivity index (χ2n) is 6.27. The molecule has 1 saturated heterocycles. The second-order valence-corrected chi connectivity index (χ2v) is 8.13. The molecule has 0 saturated carbocycles. The Labute approximate surface area is 161 Å². The molecule has 27 heavy (non-hydrogen) atoms. The molecule has 0 unspecified atom stereocenters. The molecule has 1 aliphatic rings. The van der Waals surface area contributed by atoms with Crippen LogP contribution >= 0.6 is 0 Å². The van der Waals surface area contributed by atoms with Gasteiger partial charge in [-0.1, -0.05) is 18.2 Å². The smallest absolute Gasteiger partial charge is 0.264 e. The van der Waals surface area contributed by atoms with Gasteiger partial charge in [-0.25, -0.2) is 8.42 Å². The zero-order valence-corrected chi connectivity index (χ0v) is 16.4. The number of ether oxygens (including phenoxy) is 2. The van der Waals surface area contributed by atoms with Crippen LogP contribution in [0, 0.1) is 0 Å². The molecule has 0 spiro atoms. The number of nitrogens with zero attached hydrogens (tertiary/aromatic N) is 2. The number of rotatable bonds is 8. The van der Waals surface area contributed by atoms with E-state index in [1.807, 2.05) is 13.0 Å². The Balaban J connectivity index is 1.85. The van der Waals surface area contributed by atoms with Crippen LogP contribution in [0.5, 0.6) is 5.75 Å². The molecule has 0 radical (unpaired) electrons. The predicted octanol–water partition coefficient (Wildman–Crippen LogP) is 2.61. The first-order valence-electron chi connectivity index (χ1n) is 9.22. The van der Waals surface area contributed by atoms with Crippen molar-refractivity contribution in [3.8, 4) is 5.75 Å². The number of sulfonamides is 1. The highest BCUT2D eigenvalue weighted by Gasteiger charge is 2.25. The van der Waals surface area contributed by atoms with Gasteiger partial charge in [0, 0.05) is 26.2 Å². The van der Waals surface area contributed by atoms with Crippen LogP contribution in [0.25, 0.3) is 0 Å². The summed E-state index contributed by atoms with van der Waals surface area (Å²) in [7, 11) is -3.65. The zero-order chi connectivity index (χ0) is 19.1. The van der Waals surface area contributed by atoms with E-state index in [1.165, 1.54) is 4.31 Å². The Kier molecular flexibility index (Phi) is 6.71. The first-order valence-corrected chi connectivity index (χ1v) is 10.7. The molecule has 3 rings (SSSR count). The predicted molar refractivity (Wildman–Crippen MR) is 106 cm³/mol. The van der Waals surface area contributed by atoms with Crippen molar-refractivity contribution in [1.29, 1.82) is 0 Å². The Morgan fingerprint density at radius 2 is 1.70 bits per heavy atom. The maximum absolute atomic E-state index is 13.3. The van der Waals surface area contributed by atoms with Gasteiger partial charge in [-0.05, 0) is 43.3 Å². The van der Waals surface area contributed by atoms with E-state index in [4.69, 9.17) is 9.47 Å². The number of hydrogen-bond acceptors (Lipinski definition) is 5. The van der Waals surface area contributed by atoms with Gasteiger partial charge in [0.2, 0.25) is 0 Å². The SMILES string of the molecule is CCOc1ccc(N(CCN2CCOCC2)S(=O)(=O)c2ccccc2)cc1. The molecular weight excluding hydrogens is 364 g/mol. The lowest BCUT2D eigenvalue weighted by Gasteiger charge is -2.30. The standard InChI is InChI=1S/C20H26N2O4S/c1-2-26-19-10-8-18(9-11-19)22(13-12-21-14-16-25-17-15-21)27(23,24)20-6-4-3-5-7-20/h3-11H,2,12-17H2,1H3. The molecule has 2 aromatic rings. The zero-order valence-electron chi connectivity index (χ0n) is 15.6. The summed E-state index contributed by atoms with van der Waals surface area (Å²) in [6, 6.07) is 15.8. The van der Waals surface area contributed by atoms with Crippen LogP contribution in [0.1, 0.15) is 6.92 Å². The molecule has 0 aromatic heterocycles. The molecular formula is C20H26N2O4S. The third-order valence-corrected chi connectivity index (χ3v) is 6.33. The number of benzene rings is 2. The number of hydrogen-bond donors (Lipinski definition) is 0. The van der Waals surface area contributed by atoms with E-state index in [9.17, 15) is 8.42 Å². The summed E-state index contributed by atoms with van der Waals surface area (Å²) in [5, 5.41) is 0. The summed E-state index contributed by atoms with van der Waals surface area (Å²) in [4.78, 5) is 2.52. The minimum absolute atomic E-state index is 0.292. The summed E-state index contributed by atoms with van der Waals surface area (Å²) in [5.74, 6) is 0.728. The Morgan fingerprint density at radius 3 is 2.33 bits per heavy atom. The van der Waals surface area contributed by atoms with Gasteiger partial charge in [-0.3, -0.25) is 9.21 Å². The summed E-state index contributed by atoms with van der Waals surface area (Å²) in [6.45, 7) is 6.55. The van der Waals surface area contributed by atoms with Gasteiger partial charge in [0.15, 0.2) is 0 Å². The van der Waals surface area contributed by atoms with Gasteiger partial charge in [-0.15, -0.1) is 0 Å². The van der Waals surface area contributed by atoms with E-state index in [0.29, 0.717) is 43.5 Å². The highest BCUT2D eigenvalue weighted by atomic mass is 32.2. The van der Waals surface area contributed by atoms with Crippen molar-refractivity contribution in [1.82, 2.24) is 4.90 Å². The molecule has 1 heterocycles. The minimum Gasteiger partial charge on any atom is -0.494 e. The molecule has 0 amide bonds. The van der Waals surface area contributed by atoms with Gasteiger partial charge in [0.25, 0.3) is 10.0 Å². The molecule has 7 heteroatoms. The minimum atomic E-state index is -3.65. The molecule has 0 N–H and O–H groups in total. The van der Waals surface area contributed by atoms with Crippen molar-refractivity contribution in [3.05, 3.63) is 54.6 Å². The van der Waals surface area contributed by atoms with Crippen LogP contribution < -0.4 is 9.04 Å². The first kappa shape index (κ1) is 19.7. The molecule has 0 bridgehead atoms. The first-order chi connectivity index (χ1) is 13.1. The normalized spacial score (nSPS) is 15.4. The summed E-state index contributed by atoms with van der Waals surface area (Å²) < 4.78 is 38.9. The fourth-order valence-corrected chi connectivity index (χ4v) is 4.52. The van der Waals surface area contributed by atoms with E-state index < -0.39 is 10.0 Å². The monoisotopic (exact) mass is 390 g/mol. The number of morpholine rings is 1. The van der Waals surface area contributed by atoms with Crippen molar-refractivity contribution < 1.29 is 17.9 Å². The van der Waals surface area contributed by atoms with E-state index in [2.05, 4.69) is 4.90 Å². The van der Waals surface area contributed by atoms with Crippen LogP contribution in [0.15, 0.2) is 59.5 Å². The van der Waals surface area contributed by atoms with Crippen LogP contribution in [-0.4, -0.2) is 59.3 Å². The molecule has 0 atom stereocenters. The van der Waals surface area contributed by atoms with Crippen molar-refractivity contribution in [2.75, 3.05) is 50.3 Å². The van der Waals surface area contributed by atoms with Crippen LogP contribution in [0.2, 0.25) is 0 Å². The maximum atomic E-state index is 13.3. The van der Waals surface area contributed by atoms with Crippen LogP contribution in [0.3, 0.4) is 0 Å². The van der Waals surface area contributed by atoms with Gasteiger partial charge in [0.05, 0.1) is 30.4 Å². The summed E-state index contributed by atoms with van der Waals surface area (Å²) in [6.07, 6.45) is 0. The van der Waals surface area contributed by atoms with E-state index in [-0.39, 0.29) is 0 Å². The van der Waals surface area contributed by atoms with Gasteiger partial charge in [0.1, 0.15) is 5.75 Å². The largest absolute Gasteiger partial charge is 0.494 e. The number of anilines is 1. The molecule has 1 fully saturated rings. The molecule has 146 valence electrons. The Hall–Kier alpha value is -2.09. The lowest BCUT2D eigenvalue weighted by molar-refractivity contribution is 0.0395. The highest BCUT2D eigenvalue weighted by molar-refractivity contribution is 7.92. The average Bonchev–Trinajstić information content (AvgIpc) is 2.71. The van der Waals surface area contributed by atoms with Crippen molar-refractivity contribution in [3.63, 3.8) is 0 Å². The maximum Gasteiger partial charge on any atom is 0.264 e. The van der Waals surface area contributed by atoms with Crippen LogP contribution in [0.4, 0.5) is 5.69 Å². The average molecular weight is 391 g/mol. The lowest BCUT2D eigenvalue weighted by atomic mass is 10.3. The fraction of sp³-hybridized carbons (Fsp3) is 0.400. The molecule has 6 nitrogen and oxygen atoms in total. The van der Waals surface area contributed by atoms with Gasteiger partial charge in [-0.2, -0.15) is 0 Å². The van der Waals surface area contributed by atoms with Gasteiger partial charge >= 0.3 is 0 Å². The summed E-state index contributed by atoms with van der Waals surface area (Å²) in [5.41, 5.74) is 0.635. The molecule has 1 aliphatic heterocycles. The molecule has 2 aromatic carbocycles. The highest BCUT2D eigenvalue weighted by Crippen LogP contribution is 2.26. The Morgan fingerprint density at radius 1 is 1.04 bits per heavy atom. The van der Waals surface area contributed by atoms with Crippen molar-refractivity contribution in [2.45, 2.75) is 11.8 Å². The van der Waals surface area contributed by atoms with E-state index >= 15 is 0 Å². The quantitative estimate of drug-likeness (QED) is 0.693. The fourth-order valence-electron chi connectivity index (χ4n) is 3.04. The topological polar surface area (TPSA) is 59.1 Å². The summed E-state index contributed by atoms with van der Waals surface area (Å²) >= 11 is 0. The Bertz CT molecular complexity index is 804. The van der Waals surface area contributed by atoms with Crippen molar-refractivity contribution >= 4 is 15.7 Å². The second kappa shape index (κ2) is 9.21. The molecule has 0 aliphatic carbocycles. The van der Waals surface area contributed by atoms with E-state index in [0.717, 1.165) is 18.8 Å². The third-order valence-electron chi connectivity index (χ3n) is 4.49.